The number of hydrogen-bond acceptors (Lipinski definition) is 5. The lowest BCUT2D eigenvalue weighted by molar-refractivity contribution is 0.400. The zero-order valence-electron chi connectivity index (χ0n) is 14.0. The Hall–Kier alpha value is -1.51. The normalized spacial score (nSPS) is 16.1. The van der Waals surface area contributed by atoms with Gasteiger partial charge >= 0.3 is 0 Å². The van der Waals surface area contributed by atoms with Gasteiger partial charge in [0.15, 0.2) is 0 Å². The lowest BCUT2D eigenvalue weighted by Crippen LogP contribution is -2.24. The van der Waals surface area contributed by atoms with Crippen molar-refractivity contribution in [3.8, 4) is 5.75 Å². The Bertz CT molecular complexity index is 830. The fourth-order valence-electron chi connectivity index (χ4n) is 3.09. The van der Waals surface area contributed by atoms with E-state index in [-0.39, 0.29) is 17.2 Å². The van der Waals surface area contributed by atoms with Crippen molar-refractivity contribution in [1.82, 2.24) is 9.71 Å². The second-order valence-electron chi connectivity index (χ2n) is 6.12. The lowest BCUT2D eigenvalue weighted by Gasteiger charge is -2.19. The van der Waals surface area contributed by atoms with Crippen LogP contribution in [0.3, 0.4) is 0 Å². The Morgan fingerprint density at radius 2 is 2.08 bits per heavy atom. The number of sulfonamides is 1. The van der Waals surface area contributed by atoms with E-state index in [1.165, 1.54) is 43.8 Å². The van der Waals surface area contributed by atoms with E-state index in [9.17, 15) is 12.8 Å². The van der Waals surface area contributed by atoms with Gasteiger partial charge in [0, 0.05) is 11.3 Å². The molecule has 5 nitrogen and oxygen atoms in total. The summed E-state index contributed by atoms with van der Waals surface area (Å²) in [6.45, 7) is 0.0827. The Morgan fingerprint density at radius 1 is 1.32 bits per heavy atom. The summed E-state index contributed by atoms with van der Waals surface area (Å²) in [5.74, 6) is -0.0374. The monoisotopic (exact) mass is 384 g/mol. The first-order valence-corrected chi connectivity index (χ1v) is 10.6. The lowest BCUT2D eigenvalue weighted by atomic mass is 9.87. The quantitative estimate of drug-likeness (QED) is 0.822. The summed E-state index contributed by atoms with van der Waals surface area (Å²) in [4.78, 5) is 4.37. The standard InChI is InChI=1S/C17H21FN2O3S2/c1-23-15-8-7-13(18)9-16(15)25(21,22)19-10-17-20-14(11-24-17)12-5-3-2-4-6-12/h7-9,11-12,19H,2-6,10H2,1H3. The number of benzene rings is 1. The second kappa shape index (κ2) is 7.80. The first kappa shape index (κ1) is 18.3. The number of rotatable bonds is 6. The van der Waals surface area contributed by atoms with Gasteiger partial charge in [-0.25, -0.2) is 22.5 Å². The number of ether oxygens (including phenoxy) is 1. The largest absolute Gasteiger partial charge is 0.495 e. The first-order chi connectivity index (χ1) is 12.0. The van der Waals surface area contributed by atoms with E-state index in [1.807, 2.05) is 5.38 Å². The molecule has 0 saturated heterocycles. The molecule has 25 heavy (non-hydrogen) atoms. The topological polar surface area (TPSA) is 68.3 Å². The van der Waals surface area contributed by atoms with Gasteiger partial charge in [-0.3, -0.25) is 0 Å². The number of methoxy groups -OCH3 is 1. The highest BCUT2D eigenvalue weighted by molar-refractivity contribution is 7.89. The summed E-state index contributed by atoms with van der Waals surface area (Å²) in [6, 6.07) is 3.42. The molecule has 1 heterocycles. The zero-order chi connectivity index (χ0) is 17.9. The third-order valence-corrected chi connectivity index (χ3v) is 6.71. The summed E-state index contributed by atoms with van der Waals surface area (Å²) < 4.78 is 45.9. The molecule has 136 valence electrons. The average molecular weight is 384 g/mol. The van der Waals surface area contributed by atoms with Crippen LogP contribution in [-0.4, -0.2) is 20.5 Å². The van der Waals surface area contributed by atoms with Crippen LogP contribution in [-0.2, 0) is 16.6 Å². The van der Waals surface area contributed by atoms with Crippen molar-refractivity contribution < 1.29 is 17.5 Å². The van der Waals surface area contributed by atoms with Gasteiger partial charge in [0.2, 0.25) is 10.0 Å². The van der Waals surface area contributed by atoms with Crippen molar-refractivity contribution in [2.45, 2.75) is 49.5 Å². The molecule has 0 amide bonds. The van der Waals surface area contributed by atoms with Gasteiger partial charge in [-0.05, 0) is 31.0 Å². The van der Waals surface area contributed by atoms with Crippen LogP contribution in [0.15, 0.2) is 28.5 Å². The van der Waals surface area contributed by atoms with Crippen LogP contribution in [0.4, 0.5) is 4.39 Å². The number of nitrogens with zero attached hydrogens (tertiary/aromatic N) is 1. The minimum atomic E-state index is -3.89. The second-order valence-corrected chi connectivity index (χ2v) is 8.80. The van der Waals surface area contributed by atoms with E-state index < -0.39 is 15.8 Å². The summed E-state index contributed by atoms with van der Waals surface area (Å²) in [6.07, 6.45) is 6.03. The molecule has 0 atom stereocenters. The first-order valence-electron chi connectivity index (χ1n) is 8.27. The molecule has 1 saturated carbocycles. The van der Waals surface area contributed by atoms with Crippen LogP contribution in [0, 0.1) is 5.82 Å². The van der Waals surface area contributed by atoms with Crippen LogP contribution >= 0.6 is 11.3 Å². The number of hydrogen-bond donors (Lipinski definition) is 1. The molecule has 0 unspecified atom stereocenters. The molecule has 1 N–H and O–H groups in total. The van der Waals surface area contributed by atoms with Gasteiger partial charge in [0.1, 0.15) is 21.5 Å². The smallest absolute Gasteiger partial charge is 0.244 e. The van der Waals surface area contributed by atoms with Crippen molar-refractivity contribution in [2.24, 2.45) is 0 Å². The molecule has 8 heteroatoms. The molecule has 3 rings (SSSR count). The SMILES string of the molecule is COc1ccc(F)cc1S(=O)(=O)NCc1nc(C2CCCCC2)cs1. The van der Waals surface area contributed by atoms with E-state index in [0.717, 1.165) is 30.7 Å². The Labute approximate surface area is 151 Å². The predicted octanol–water partition coefficient (Wildman–Crippen LogP) is 3.82. The van der Waals surface area contributed by atoms with Crippen LogP contribution in [0.25, 0.3) is 0 Å². The highest BCUT2D eigenvalue weighted by Crippen LogP contribution is 2.33. The minimum absolute atomic E-state index is 0.0827. The van der Waals surface area contributed by atoms with E-state index >= 15 is 0 Å². The number of halogens is 1. The molecule has 0 bridgehead atoms. The van der Waals surface area contributed by atoms with Crippen molar-refractivity contribution in [3.63, 3.8) is 0 Å². The maximum atomic E-state index is 13.4. The Kier molecular flexibility index (Phi) is 5.71. The van der Waals surface area contributed by atoms with E-state index in [1.54, 1.807) is 0 Å². The molecular formula is C17H21FN2O3S2. The van der Waals surface area contributed by atoms with Gasteiger partial charge in [0.25, 0.3) is 0 Å². The summed E-state index contributed by atoms with van der Waals surface area (Å²) in [5, 5.41) is 2.72. The molecule has 0 spiro atoms. The van der Waals surface area contributed by atoms with Crippen LogP contribution in [0.5, 0.6) is 5.75 Å². The van der Waals surface area contributed by atoms with Crippen molar-refractivity contribution >= 4 is 21.4 Å². The van der Waals surface area contributed by atoms with Gasteiger partial charge in [-0.1, -0.05) is 19.3 Å². The minimum Gasteiger partial charge on any atom is -0.495 e. The molecule has 1 aliphatic carbocycles. The number of thiazole rings is 1. The summed E-state index contributed by atoms with van der Waals surface area (Å²) in [5.41, 5.74) is 1.06. The molecule has 1 fully saturated rings. The Balaban J connectivity index is 1.70. The highest BCUT2D eigenvalue weighted by Gasteiger charge is 2.22. The van der Waals surface area contributed by atoms with Crippen LogP contribution < -0.4 is 9.46 Å². The average Bonchev–Trinajstić information content (AvgIpc) is 3.10. The molecule has 0 aliphatic heterocycles. The fourth-order valence-corrected chi connectivity index (χ4v) is 5.16. The maximum absolute atomic E-state index is 13.4. The third-order valence-electron chi connectivity index (χ3n) is 4.42. The highest BCUT2D eigenvalue weighted by atomic mass is 32.2. The third kappa shape index (κ3) is 4.37. The van der Waals surface area contributed by atoms with Crippen molar-refractivity contribution in [2.75, 3.05) is 7.11 Å². The Morgan fingerprint density at radius 3 is 2.80 bits per heavy atom. The van der Waals surface area contributed by atoms with Crippen LogP contribution in [0.1, 0.15) is 48.7 Å². The van der Waals surface area contributed by atoms with Gasteiger partial charge in [-0.15, -0.1) is 11.3 Å². The number of aromatic nitrogens is 1. The van der Waals surface area contributed by atoms with Crippen LogP contribution in [0.2, 0.25) is 0 Å². The van der Waals surface area contributed by atoms with Gasteiger partial charge in [0.05, 0.1) is 19.3 Å². The van der Waals surface area contributed by atoms with Gasteiger partial charge in [-0.2, -0.15) is 0 Å². The molecule has 0 radical (unpaired) electrons. The molecular weight excluding hydrogens is 363 g/mol. The summed E-state index contributed by atoms with van der Waals surface area (Å²) >= 11 is 1.45. The fraction of sp³-hybridized carbons (Fsp3) is 0.471. The predicted molar refractivity (Wildman–Crippen MR) is 94.9 cm³/mol. The molecule has 1 aromatic heterocycles. The van der Waals surface area contributed by atoms with Crippen molar-refractivity contribution in [1.29, 1.82) is 0 Å². The molecule has 1 aromatic carbocycles. The molecule has 2 aromatic rings. The van der Waals surface area contributed by atoms with E-state index in [2.05, 4.69) is 9.71 Å². The number of nitrogens with one attached hydrogen (secondary N) is 1. The van der Waals surface area contributed by atoms with E-state index in [4.69, 9.17) is 4.74 Å². The van der Waals surface area contributed by atoms with Gasteiger partial charge < -0.3 is 4.74 Å². The zero-order valence-corrected chi connectivity index (χ0v) is 15.6. The molecule has 1 aliphatic rings. The summed E-state index contributed by atoms with van der Waals surface area (Å²) in [7, 11) is -2.54. The maximum Gasteiger partial charge on any atom is 0.244 e. The van der Waals surface area contributed by atoms with Crippen molar-refractivity contribution in [3.05, 3.63) is 40.1 Å². The van der Waals surface area contributed by atoms with E-state index in [0.29, 0.717) is 10.9 Å².